The zero-order chi connectivity index (χ0) is 19.3. The lowest BCUT2D eigenvalue weighted by molar-refractivity contribution is -0.838. The molecular formula is C22H20IN3O2+2. The molecule has 0 radical (unpaired) electrons. The third kappa shape index (κ3) is 2.58. The standard InChI is InChI=1S/C22H20IN3O2/c1-27-16-9-7-15(8-10-16)19-14-22-21-13-17(28-2)11-12-24(21)26(23)25(22)20-6-4-3-5-18(19)20/h3-10,13-14H,11-12H2,1-2H3/q+2. The molecule has 2 aromatic carbocycles. The van der Waals surface area contributed by atoms with Gasteiger partial charge in [-0.2, -0.15) is 0 Å². The Morgan fingerprint density at radius 3 is 2.50 bits per heavy atom. The molecule has 3 heterocycles. The van der Waals surface area contributed by atoms with Crippen LogP contribution in [-0.2, 0) is 11.3 Å². The number of hydrogen-bond acceptors (Lipinski definition) is 2. The molecule has 6 heteroatoms. The van der Waals surface area contributed by atoms with E-state index in [0.29, 0.717) is 0 Å². The highest BCUT2D eigenvalue weighted by atomic mass is 127. The van der Waals surface area contributed by atoms with Crippen molar-refractivity contribution in [2.75, 3.05) is 14.2 Å². The quantitative estimate of drug-likeness (QED) is 0.326. The molecule has 1 aliphatic rings. The number of rotatable bonds is 3. The summed E-state index contributed by atoms with van der Waals surface area (Å²) in [6.45, 7) is 0.895. The molecule has 0 aliphatic carbocycles. The zero-order valence-corrected chi connectivity index (χ0v) is 17.9. The Kier molecular flexibility index (Phi) is 4.23. The van der Waals surface area contributed by atoms with E-state index < -0.39 is 0 Å². The molecule has 140 valence electrons. The number of fused-ring (bicyclic) bond motifs is 5. The first-order valence-corrected chi connectivity index (χ1v) is 10.2. The molecule has 0 unspecified atom stereocenters. The van der Waals surface area contributed by atoms with Gasteiger partial charge in [0.1, 0.15) is 14.5 Å². The van der Waals surface area contributed by atoms with Gasteiger partial charge >= 0.3 is 11.2 Å². The minimum absolute atomic E-state index is 0.863. The third-order valence-corrected chi connectivity index (χ3v) is 6.32. The smallest absolute Gasteiger partial charge is 0.316 e. The fourth-order valence-corrected chi connectivity index (χ4v) is 4.86. The number of hydrogen-bond donors (Lipinski definition) is 0. The van der Waals surface area contributed by atoms with Crippen molar-refractivity contribution in [3.63, 3.8) is 0 Å². The summed E-state index contributed by atoms with van der Waals surface area (Å²) in [5, 5.41) is 1.22. The van der Waals surface area contributed by atoms with Crippen molar-refractivity contribution in [1.29, 1.82) is 0 Å². The van der Waals surface area contributed by atoms with E-state index in [1.807, 2.05) is 12.1 Å². The Morgan fingerprint density at radius 1 is 0.964 bits per heavy atom. The summed E-state index contributed by atoms with van der Waals surface area (Å²) < 4.78 is 17.6. The molecule has 5 rings (SSSR count). The van der Waals surface area contributed by atoms with Crippen LogP contribution < -0.4 is 13.9 Å². The van der Waals surface area contributed by atoms with Crippen molar-refractivity contribution < 1.29 is 18.7 Å². The van der Waals surface area contributed by atoms with Crippen molar-refractivity contribution in [2.24, 2.45) is 0 Å². The molecule has 0 saturated carbocycles. The average molecular weight is 485 g/mol. The van der Waals surface area contributed by atoms with Crippen LogP contribution in [0.1, 0.15) is 12.1 Å². The molecule has 0 saturated heterocycles. The molecule has 28 heavy (non-hydrogen) atoms. The van der Waals surface area contributed by atoms with Crippen molar-refractivity contribution in [3.8, 4) is 16.9 Å². The summed E-state index contributed by atoms with van der Waals surface area (Å²) in [6.07, 6.45) is 3.05. The predicted octanol–water partition coefficient (Wildman–Crippen LogP) is 3.93. The SMILES string of the molecule is COC1=Cc2c3cc(-c4ccc(OC)cc4)c4ccccc4[n+]3n(I)[n+]2CC1. The summed E-state index contributed by atoms with van der Waals surface area (Å²) >= 11 is 2.38. The Bertz CT molecular complexity index is 1240. The van der Waals surface area contributed by atoms with Crippen LogP contribution in [0, 0.1) is 0 Å². The van der Waals surface area contributed by atoms with E-state index in [9.17, 15) is 0 Å². The van der Waals surface area contributed by atoms with Gasteiger partial charge in [-0.1, -0.05) is 24.3 Å². The minimum Gasteiger partial charge on any atom is -0.501 e. The van der Waals surface area contributed by atoms with E-state index in [1.54, 1.807) is 14.2 Å². The number of pyridine rings is 1. The number of benzene rings is 2. The molecule has 0 bridgehead atoms. The first-order chi connectivity index (χ1) is 13.7. The lowest BCUT2D eigenvalue weighted by Crippen LogP contribution is -2.49. The fourth-order valence-electron chi connectivity index (χ4n) is 3.94. The van der Waals surface area contributed by atoms with Gasteiger partial charge in [-0.15, -0.1) is 0 Å². The van der Waals surface area contributed by atoms with E-state index >= 15 is 0 Å². The number of aromatic nitrogens is 3. The summed E-state index contributed by atoms with van der Waals surface area (Å²) in [4.78, 5) is 0. The highest BCUT2D eigenvalue weighted by molar-refractivity contribution is 14.1. The van der Waals surface area contributed by atoms with Crippen molar-refractivity contribution >= 4 is 45.4 Å². The van der Waals surface area contributed by atoms with E-state index in [0.717, 1.165) is 35.7 Å². The molecule has 2 aromatic heterocycles. The second-order valence-corrected chi connectivity index (χ2v) is 7.68. The molecule has 0 atom stereocenters. The minimum atomic E-state index is 0.863. The maximum absolute atomic E-state index is 5.55. The fraction of sp³-hybridized carbons (Fsp3) is 0.182. The summed E-state index contributed by atoms with van der Waals surface area (Å²) in [7, 11) is 3.44. The molecule has 0 amide bonds. The van der Waals surface area contributed by atoms with Crippen LogP contribution in [0.4, 0.5) is 0 Å². The van der Waals surface area contributed by atoms with Crippen LogP contribution in [0.3, 0.4) is 0 Å². The Balaban J connectivity index is 1.87. The molecule has 0 N–H and O–H groups in total. The zero-order valence-electron chi connectivity index (χ0n) is 15.7. The molecule has 1 aliphatic heterocycles. The van der Waals surface area contributed by atoms with Crippen LogP contribution in [0.25, 0.3) is 33.6 Å². The van der Waals surface area contributed by atoms with Crippen molar-refractivity contribution in [2.45, 2.75) is 13.0 Å². The Labute approximate surface area is 176 Å². The molecule has 0 fully saturated rings. The van der Waals surface area contributed by atoms with Crippen LogP contribution >= 0.6 is 22.9 Å². The summed E-state index contributed by atoms with van der Waals surface area (Å²) in [5.41, 5.74) is 5.88. The number of allylic oxidation sites excluding steroid dienone is 1. The van der Waals surface area contributed by atoms with Crippen LogP contribution in [-0.4, -0.2) is 17.2 Å². The summed E-state index contributed by atoms with van der Waals surface area (Å²) in [6, 6.07) is 19.1. The van der Waals surface area contributed by atoms with Crippen LogP contribution in [0.2, 0.25) is 0 Å². The summed E-state index contributed by atoms with van der Waals surface area (Å²) in [5.74, 6) is 1.88. The largest absolute Gasteiger partial charge is 0.501 e. The highest BCUT2D eigenvalue weighted by Crippen LogP contribution is 2.31. The van der Waals surface area contributed by atoms with Crippen molar-refractivity contribution in [1.82, 2.24) is 3.01 Å². The number of para-hydroxylation sites is 1. The second kappa shape index (κ2) is 6.77. The normalized spacial score (nSPS) is 13.5. The molecule has 5 nitrogen and oxygen atoms in total. The van der Waals surface area contributed by atoms with E-state index in [-0.39, 0.29) is 0 Å². The number of halogens is 1. The second-order valence-electron chi connectivity index (χ2n) is 6.81. The number of methoxy groups -OCH3 is 2. The van der Waals surface area contributed by atoms with Crippen LogP contribution in [0.5, 0.6) is 5.75 Å². The maximum atomic E-state index is 5.55. The monoisotopic (exact) mass is 485 g/mol. The lowest BCUT2D eigenvalue weighted by atomic mass is 10.00. The Morgan fingerprint density at radius 2 is 1.75 bits per heavy atom. The van der Waals surface area contributed by atoms with Gasteiger partial charge in [-0.05, 0) is 33.0 Å². The number of nitrogens with zero attached hydrogens (tertiary/aromatic N) is 3. The van der Waals surface area contributed by atoms with Gasteiger partial charge in [0.2, 0.25) is 22.9 Å². The van der Waals surface area contributed by atoms with Gasteiger partial charge in [0.05, 0.1) is 32.1 Å². The lowest BCUT2D eigenvalue weighted by Gasteiger charge is -2.06. The maximum Gasteiger partial charge on any atom is 0.316 e. The Hall–Kier alpha value is -2.61. The van der Waals surface area contributed by atoms with Gasteiger partial charge in [0, 0.05) is 17.7 Å². The van der Waals surface area contributed by atoms with Crippen LogP contribution in [0.15, 0.2) is 60.4 Å². The first kappa shape index (κ1) is 17.5. The molecule has 4 aromatic rings. The van der Waals surface area contributed by atoms with Gasteiger partial charge in [0.25, 0.3) is 5.52 Å². The predicted molar refractivity (Wildman–Crippen MR) is 116 cm³/mol. The van der Waals surface area contributed by atoms with Gasteiger partial charge in [0.15, 0.2) is 6.54 Å². The topological polar surface area (TPSA) is 31.4 Å². The van der Waals surface area contributed by atoms with E-state index in [2.05, 4.69) is 83.6 Å². The molecule has 0 spiro atoms. The van der Waals surface area contributed by atoms with Gasteiger partial charge < -0.3 is 9.47 Å². The van der Waals surface area contributed by atoms with Gasteiger partial charge in [-0.25, -0.2) is 0 Å². The highest BCUT2D eigenvalue weighted by Gasteiger charge is 2.36. The third-order valence-electron chi connectivity index (χ3n) is 5.37. The van der Waals surface area contributed by atoms with E-state index in [4.69, 9.17) is 9.47 Å². The average Bonchev–Trinajstić information content (AvgIpc) is 3.04. The first-order valence-electron chi connectivity index (χ1n) is 9.19. The van der Waals surface area contributed by atoms with E-state index in [1.165, 1.54) is 22.0 Å². The van der Waals surface area contributed by atoms with Gasteiger partial charge in [-0.3, -0.25) is 0 Å². The van der Waals surface area contributed by atoms with Crippen molar-refractivity contribution in [3.05, 3.63) is 66.1 Å². The molecular weight excluding hydrogens is 465 g/mol. The number of ether oxygens (including phenoxy) is 2.